The minimum atomic E-state index is -0.971. The first-order valence-corrected chi connectivity index (χ1v) is 3.00. The van der Waals surface area contributed by atoms with Gasteiger partial charge in [-0.15, -0.1) is 0 Å². The van der Waals surface area contributed by atoms with Crippen LogP contribution in [0.25, 0.3) is 0 Å². The van der Waals surface area contributed by atoms with E-state index in [2.05, 4.69) is 0 Å². The van der Waals surface area contributed by atoms with Gasteiger partial charge in [0, 0.05) is 12.4 Å². The number of aromatic carboxylic acids is 1. The molecule has 0 amide bonds. The predicted octanol–water partition coefficient (Wildman–Crippen LogP) is 0.710. The molecule has 0 aliphatic carbocycles. The fourth-order valence-corrected chi connectivity index (χ4v) is 0.747. The van der Waals surface area contributed by atoms with Gasteiger partial charge in [-0.1, -0.05) is 0 Å². The quantitative estimate of drug-likeness (QED) is 0.675. The molecule has 0 aliphatic heterocycles. The SMILES string of the molecule is N#CCn1ccc(C(=O)O)c1. The molecule has 0 aromatic carbocycles. The maximum atomic E-state index is 10.3. The number of carboxylic acid groups (broad SMARTS) is 1. The van der Waals surface area contributed by atoms with Gasteiger partial charge < -0.3 is 9.67 Å². The zero-order valence-corrected chi connectivity index (χ0v) is 5.69. The van der Waals surface area contributed by atoms with E-state index in [0.717, 1.165) is 0 Å². The molecule has 56 valence electrons. The van der Waals surface area contributed by atoms with Gasteiger partial charge in [0.2, 0.25) is 0 Å². The molecule has 0 radical (unpaired) electrons. The lowest BCUT2D eigenvalue weighted by molar-refractivity contribution is 0.0697. The van der Waals surface area contributed by atoms with Crippen LogP contribution in [0.5, 0.6) is 0 Å². The molecule has 0 bridgehead atoms. The van der Waals surface area contributed by atoms with Crippen molar-refractivity contribution in [1.82, 2.24) is 4.57 Å². The Labute approximate surface area is 63.3 Å². The van der Waals surface area contributed by atoms with Gasteiger partial charge >= 0.3 is 5.97 Å². The number of aromatic nitrogens is 1. The minimum absolute atomic E-state index is 0.188. The number of hydrogen-bond donors (Lipinski definition) is 1. The Hall–Kier alpha value is -1.76. The summed E-state index contributed by atoms with van der Waals surface area (Å²) in [6.07, 6.45) is 2.98. The van der Waals surface area contributed by atoms with Crippen molar-refractivity contribution < 1.29 is 9.90 Å². The first-order valence-electron chi connectivity index (χ1n) is 3.00. The molecule has 0 saturated heterocycles. The predicted molar refractivity (Wildman–Crippen MR) is 37.0 cm³/mol. The van der Waals surface area contributed by atoms with Gasteiger partial charge in [-0.25, -0.2) is 4.79 Å². The normalized spacial score (nSPS) is 9.00. The summed E-state index contributed by atoms with van der Waals surface area (Å²) >= 11 is 0. The van der Waals surface area contributed by atoms with E-state index in [-0.39, 0.29) is 12.1 Å². The summed E-state index contributed by atoms with van der Waals surface area (Å²) in [4.78, 5) is 10.3. The van der Waals surface area contributed by atoms with Gasteiger partial charge in [0.1, 0.15) is 6.54 Å². The third kappa shape index (κ3) is 1.58. The highest BCUT2D eigenvalue weighted by Gasteiger charge is 2.02. The molecular formula is C7H6N2O2. The molecule has 0 saturated carbocycles. The second kappa shape index (κ2) is 2.88. The molecule has 0 aliphatic rings. The zero-order chi connectivity index (χ0) is 8.27. The average molecular weight is 150 g/mol. The van der Waals surface area contributed by atoms with Crippen molar-refractivity contribution in [3.05, 3.63) is 24.0 Å². The maximum absolute atomic E-state index is 10.3. The molecule has 1 heterocycles. The molecule has 1 N–H and O–H groups in total. The van der Waals surface area contributed by atoms with E-state index in [1.807, 2.05) is 6.07 Å². The molecule has 11 heavy (non-hydrogen) atoms. The summed E-state index contributed by atoms with van der Waals surface area (Å²) in [5.41, 5.74) is 0.209. The van der Waals surface area contributed by atoms with Crippen LogP contribution >= 0.6 is 0 Å². The van der Waals surface area contributed by atoms with Crippen molar-refractivity contribution in [2.24, 2.45) is 0 Å². The third-order valence-corrected chi connectivity index (χ3v) is 1.25. The highest BCUT2D eigenvalue weighted by molar-refractivity contribution is 5.87. The monoisotopic (exact) mass is 150 g/mol. The largest absolute Gasteiger partial charge is 0.478 e. The second-order valence-corrected chi connectivity index (χ2v) is 2.04. The van der Waals surface area contributed by atoms with E-state index >= 15 is 0 Å². The van der Waals surface area contributed by atoms with Gasteiger partial charge in [-0.3, -0.25) is 0 Å². The van der Waals surface area contributed by atoms with E-state index in [1.54, 1.807) is 6.20 Å². The lowest BCUT2D eigenvalue weighted by Crippen LogP contribution is -1.94. The van der Waals surface area contributed by atoms with Gasteiger partial charge in [0.15, 0.2) is 0 Å². The molecule has 4 nitrogen and oxygen atoms in total. The Bertz CT molecular complexity index is 308. The lowest BCUT2D eigenvalue weighted by atomic mass is 10.4. The summed E-state index contributed by atoms with van der Waals surface area (Å²) in [6, 6.07) is 3.36. The van der Waals surface area contributed by atoms with Crippen LogP contribution in [0, 0.1) is 11.3 Å². The van der Waals surface area contributed by atoms with Crippen LogP contribution < -0.4 is 0 Å². The standard InChI is InChI=1S/C7H6N2O2/c8-2-4-9-3-1-6(5-9)7(10)11/h1,3,5H,4H2,(H,10,11). The van der Waals surface area contributed by atoms with Crippen LogP contribution in [0.3, 0.4) is 0 Å². The molecule has 1 aromatic rings. The summed E-state index contributed by atoms with van der Waals surface area (Å²) in [6.45, 7) is 0.188. The number of rotatable bonds is 2. The molecular weight excluding hydrogens is 144 g/mol. The van der Waals surface area contributed by atoms with Crippen LogP contribution in [-0.4, -0.2) is 15.6 Å². The molecule has 0 unspecified atom stereocenters. The molecule has 1 rings (SSSR count). The number of hydrogen-bond acceptors (Lipinski definition) is 2. The summed E-state index contributed by atoms with van der Waals surface area (Å²) in [5.74, 6) is -0.971. The van der Waals surface area contributed by atoms with Crippen LogP contribution in [0.2, 0.25) is 0 Å². The Morgan fingerprint density at radius 2 is 2.55 bits per heavy atom. The summed E-state index contributed by atoms with van der Waals surface area (Å²) < 4.78 is 1.52. The molecule has 4 heteroatoms. The Morgan fingerprint density at radius 3 is 3.00 bits per heavy atom. The van der Waals surface area contributed by atoms with Crippen molar-refractivity contribution in [1.29, 1.82) is 5.26 Å². The van der Waals surface area contributed by atoms with Crippen LogP contribution in [-0.2, 0) is 6.54 Å². The van der Waals surface area contributed by atoms with Crippen molar-refractivity contribution in [2.75, 3.05) is 0 Å². The molecule has 0 fully saturated rings. The highest BCUT2D eigenvalue weighted by Crippen LogP contribution is 1.99. The summed E-state index contributed by atoms with van der Waals surface area (Å²) in [7, 11) is 0. The van der Waals surface area contributed by atoms with E-state index in [4.69, 9.17) is 10.4 Å². The van der Waals surface area contributed by atoms with E-state index < -0.39 is 5.97 Å². The topological polar surface area (TPSA) is 66.0 Å². The highest BCUT2D eigenvalue weighted by atomic mass is 16.4. The first-order chi connectivity index (χ1) is 5.24. The molecule has 0 spiro atoms. The van der Waals surface area contributed by atoms with Gasteiger partial charge in [0.25, 0.3) is 0 Å². The van der Waals surface area contributed by atoms with E-state index in [1.165, 1.54) is 16.8 Å². The number of nitrogens with zero attached hydrogens (tertiary/aromatic N) is 2. The van der Waals surface area contributed by atoms with E-state index in [0.29, 0.717) is 0 Å². The number of carboxylic acids is 1. The van der Waals surface area contributed by atoms with Crippen LogP contribution in [0.15, 0.2) is 18.5 Å². The van der Waals surface area contributed by atoms with E-state index in [9.17, 15) is 4.79 Å². The zero-order valence-electron chi connectivity index (χ0n) is 5.69. The minimum Gasteiger partial charge on any atom is -0.478 e. The maximum Gasteiger partial charge on any atom is 0.337 e. The molecule has 0 atom stereocenters. The molecule has 1 aromatic heterocycles. The van der Waals surface area contributed by atoms with Crippen molar-refractivity contribution >= 4 is 5.97 Å². The first kappa shape index (κ1) is 7.35. The van der Waals surface area contributed by atoms with Gasteiger partial charge in [0.05, 0.1) is 11.6 Å². The fraction of sp³-hybridized carbons (Fsp3) is 0.143. The van der Waals surface area contributed by atoms with Crippen molar-refractivity contribution in [2.45, 2.75) is 6.54 Å². The third-order valence-electron chi connectivity index (χ3n) is 1.25. The fourth-order valence-electron chi connectivity index (χ4n) is 0.747. The van der Waals surface area contributed by atoms with Gasteiger partial charge in [-0.05, 0) is 6.07 Å². The van der Waals surface area contributed by atoms with Crippen LogP contribution in [0.1, 0.15) is 10.4 Å². The smallest absolute Gasteiger partial charge is 0.337 e. The van der Waals surface area contributed by atoms with Crippen molar-refractivity contribution in [3.8, 4) is 6.07 Å². The summed E-state index contributed by atoms with van der Waals surface area (Å²) in [5, 5.41) is 16.7. The number of nitriles is 1. The lowest BCUT2D eigenvalue weighted by Gasteiger charge is -1.89. The Morgan fingerprint density at radius 1 is 1.82 bits per heavy atom. The Kier molecular flexibility index (Phi) is 1.93. The van der Waals surface area contributed by atoms with Crippen molar-refractivity contribution in [3.63, 3.8) is 0 Å². The second-order valence-electron chi connectivity index (χ2n) is 2.04. The Balaban J connectivity index is 2.83. The average Bonchev–Trinajstić information content (AvgIpc) is 2.37. The van der Waals surface area contributed by atoms with Gasteiger partial charge in [-0.2, -0.15) is 5.26 Å². The number of carbonyl (C=O) groups is 1. The van der Waals surface area contributed by atoms with Crippen LogP contribution in [0.4, 0.5) is 0 Å².